The first-order valence-corrected chi connectivity index (χ1v) is 15.6. The zero-order chi connectivity index (χ0) is 23.4. The van der Waals surface area contributed by atoms with Gasteiger partial charge in [0.2, 0.25) is 0 Å². The highest BCUT2D eigenvalue weighted by molar-refractivity contribution is 5.02. The minimum absolute atomic E-state index is 0.0368. The molecule has 3 aliphatic carbocycles. The third kappa shape index (κ3) is 8.58. The first-order valence-electron chi connectivity index (χ1n) is 15.6. The van der Waals surface area contributed by atoms with Crippen LogP contribution in [0.5, 0.6) is 0 Å². The predicted octanol–water partition coefficient (Wildman–Crippen LogP) is 10.6. The Hall–Kier alpha value is -0.510. The van der Waals surface area contributed by atoms with E-state index in [0.717, 1.165) is 29.6 Å². The van der Waals surface area contributed by atoms with E-state index >= 15 is 0 Å². The topological polar surface area (TPSA) is 23.8 Å². The molecule has 0 unspecified atom stereocenters. The van der Waals surface area contributed by atoms with Gasteiger partial charge in [-0.1, -0.05) is 90.9 Å². The molecule has 0 N–H and O–H groups in total. The zero-order valence-corrected chi connectivity index (χ0v) is 22.6. The lowest BCUT2D eigenvalue weighted by atomic mass is 9.62. The lowest BCUT2D eigenvalue weighted by Gasteiger charge is -2.43. The molecule has 3 aliphatic rings. The van der Waals surface area contributed by atoms with E-state index in [2.05, 4.69) is 19.9 Å². The van der Waals surface area contributed by atoms with Gasteiger partial charge in [-0.3, -0.25) is 0 Å². The molecule has 190 valence electrons. The van der Waals surface area contributed by atoms with E-state index in [1.165, 1.54) is 135 Å². The Morgan fingerprint density at radius 1 is 0.576 bits per heavy atom. The SMILES string of the molecule is CCCCCCC[C@]1(C#N)CC[C@H](C2CCC([C@H]3CC[C@H](CCCCCC)CC3)CC2)CC1. The average Bonchev–Trinajstić information content (AvgIpc) is 2.87. The molecule has 33 heavy (non-hydrogen) atoms. The molecule has 3 saturated carbocycles. The first kappa shape index (κ1) is 27.1. The van der Waals surface area contributed by atoms with Gasteiger partial charge in [-0.05, 0) is 100 Å². The van der Waals surface area contributed by atoms with Gasteiger partial charge in [0, 0.05) is 0 Å². The number of nitrogens with zero attached hydrogens (tertiary/aromatic N) is 1. The van der Waals surface area contributed by atoms with E-state index in [9.17, 15) is 5.26 Å². The summed E-state index contributed by atoms with van der Waals surface area (Å²) in [7, 11) is 0. The van der Waals surface area contributed by atoms with Gasteiger partial charge in [-0.15, -0.1) is 0 Å². The van der Waals surface area contributed by atoms with Crippen molar-refractivity contribution in [3.05, 3.63) is 0 Å². The Morgan fingerprint density at radius 2 is 1.03 bits per heavy atom. The molecule has 0 aliphatic heterocycles. The van der Waals surface area contributed by atoms with Crippen molar-refractivity contribution in [3.8, 4) is 6.07 Å². The molecular weight excluding hydrogens is 398 g/mol. The summed E-state index contributed by atoms with van der Waals surface area (Å²) in [4.78, 5) is 0. The molecule has 3 rings (SSSR count). The quantitative estimate of drug-likeness (QED) is 0.253. The van der Waals surface area contributed by atoms with Gasteiger partial charge in [0.15, 0.2) is 0 Å². The van der Waals surface area contributed by atoms with Crippen LogP contribution >= 0.6 is 0 Å². The molecule has 0 bridgehead atoms. The normalized spacial score (nSPS) is 35.2. The Labute approximate surface area is 207 Å². The lowest BCUT2D eigenvalue weighted by Crippen LogP contribution is -2.32. The van der Waals surface area contributed by atoms with Crippen LogP contribution in [-0.4, -0.2) is 0 Å². The van der Waals surface area contributed by atoms with Crippen molar-refractivity contribution >= 4 is 0 Å². The zero-order valence-electron chi connectivity index (χ0n) is 22.6. The second-order valence-corrected chi connectivity index (χ2v) is 12.7. The molecule has 0 aromatic heterocycles. The smallest absolute Gasteiger partial charge is 0.0689 e. The van der Waals surface area contributed by atoms with Crippen molar-refractivity contribution in [1.29, 1.82) is 5.26 Å². The van der Waals surface area contributed by atoms with E-state index < -0.39 is 0 Å². The van der Waals surface area contributed by atoms with Crippen LogP contribution in [0.3, 0.4) is 0 Å². The number of hydrogen-bond acceptors (Lipinski definition) is 1. The number of unbranched alkanes of at least 4 members (excludes halogenated alkanes) is 7. The molecule has 0 radical (unpaired) electrons. The minimum atomic E-state index is 0.0368. The number of nitriles is 1. The van der Waals surface area contributed by atoms with Gasteiger partial charge >= 0.3 is 0 Å². The summed E-state index contributed by atoms with van der Waals surface area (Å²) < 4.78 is 0. The number of rotatable bonds is 13. The van der Waals surface area contributed by atoms with Crippen LogP contribution < -0.4 is 0 Å². The third-order valence-electron chi connectivity index (χ3n) is 10.5. The highest BCUT2D eigenvalue weighted by Gasteiger charge is 2.39. The molecule has 0 aromatic rings. The Morgan fingerprint density at radius 3 is 1.55 bits per heavy atom. The molecule has 1 nitrogen and oxygen atoms in total. The van der Waals surface area contributed by atoms with Crippen LogP contribution in [0.2, 0.25) is 0 Å². The van der Waals surface area contributed by atoms with E-state index in [0.29, 0.717) is 0 Å². The minimum Gasteiger partial charge on any atom is -0.198 e. The number of hydrogen-bond donors (Lipinski definition) is 0. The molecule has 0 spiro atoms. The highest BCUT2D eigenvalue weighted by Crippen LogP contribution is 2.49. The van der Waals surface area contributed by atoms with Crippen LogP contribution in [0.15, 0.2) is 0 Å². The van der Waals surface area contributed by atoms with Crippen molar-refractivity contribution in [2.45, 2.75) is 162 Å². The van der Waals surface area contributed by atoms with Crippen molar-refractivity contribution in [2.75, 3.05) is 0 Å². The monoisotopic (exact) mass is 455 g/mol. The second kappa shape index (κ2) is 14.8. The molecule has 0 saturated heterocycles. The van der Waals surface area contributed by atoms with E-state index in [-0.39, 0.29) is 5.41 Å². The van der Waals surface area contributed by atoms with Crippen LogP contribution in [0, 0.1) is 46.3 Å². The fraction of sp³-hybridized carbons (Fsp3) is 0.969. The maximum atomic E-state index is 9.96. The Kier molecular flexibility index (Phi) is 12.1. The Balaban J connectivity index is 1.31. The molecule has 0 amide bonds. The fourth-order valence-electron chi connectivity index (χ4n) is 8.04. The molecule has 0 heterocycles. The molecule has 0 atom stereocenters. The fourth-order valence-corrected chi connectivity index (χ4v) is 8.04. The average molecular weight is 456 g/mol. The van der Waals surface area contributed by atoms with Gasteiger partial charge in [0.25, 0.3) is 0 Å². The second-order valence-electron chi connectivity index (χ2n) is 12.7. The summed E-state index contributed by atoms with van der Waals surface area (Å²) >= 11 is 0. The van der Waals surface area contributed by atoms with Crippen LogP contribution in [0.1, 0.15) is 162 Å². The van der Waals surface area contributed by atoms with Crippen LogP contribution in [-0.2, 0) is 0 Å². The molecule has 3 fully saturated rings. The summed E-state index contributed by atoms with van der Waals surface area (Å²) in [6, 6.07) is 2.80. The van der Waals surface area contributed by atoms with Gasteiger partial charge in [-0.25, -0.2) is 0 Å². The summed E-state index contributed by atoms with van der Waals surface area (Å²) in [5.41, 5.74) is 0.0368. The van der Waals surface area contributed by atoms with Crippen LogP contribution in [0.4, 0.5) is 0 Å². The maximum Gasteiger partial charge on any atom is 0.0689 e. The van der Waals surface area contributed by atoms with Gasteiger partial charge < -0.3 is 0 Å². The molecule has 1 heteroatoms. The van der Waals surface area contributed by atoms with E-state index in [1.54, 1.807) is 12.8 Å². The molecule has 0 aromatic carbocycles. The third-order valence-corrected chi connectivity index (χ3v) is 10.5. The Bertz CT molecular complexity index is 535. The largest absolute Gasteiger partial charge is 0.198 e. The summed E-state index contributed by atoms with van der Waals surface area (Å²) in [6.07, 6.45) is 32.4. The first-order chi connectivity index (χ1) is 16.2. The van der Waals surface area contributed by atoms with Gasteiger partial charge in [-0.2, -0.15) is 5.26 Å². The van der Waals surface area contributed by atoms with Crippen LogP contribution in [0.25, 0.3) is 0 Å². The highest BCUT2D eigenvalue weighted by atomic mass is 14.5. The van der Waals surface area contributed by atoms with Crippen molar-refractivity contribution in [3.63, 3.8) is 0 Å². The summed E-state index contributed by atoms with van der Waals surface area (Å²) in [6.45, 7) is 4.61. The van der Waals surface area contributed by atoms with Crippen molar-refractivity contribution in [2.24, 2.45) is 35.0 Å². The standard InChI is InChI=1S/C32H57N/c1-3-5-7-9-11-23-32(26-33)24-21-31(22-25-32)30-19-17-29(18-20-30)28-15-13-27(14-16-28)12-10-8-6-4-2/h27-31H,3-25H2,1-2H3/t27-,28-,29?,30?,31-,32-. The molecular formula is C32H57N. The summed E-state index contributed by atoms with van der Waals surface area (Å²) in [5, 5.41) is 9.96. The predicted molar refractivity (Wildman–Crippen MR) is 143 cm³/mol. The van der Waals surface area contributed by atoms with Gasteiger partial charge in [0.05, 0.1) is 11.5 Å². The maximum absolute atomic E-state index is 9.96. The van der Waals surface area contributed by atoms with Gasteiger partial charge in [0.1, 0.15) is 0 Å². The van der Waals surface area contributed by atoms with Crippen molar-refractivity contribution in [1.82, 2.24) is 0 Å². The lowest BCUT2D eigenvalue weighted by molar-refractivity contribution is 0.0897. The van der Waals surface area contributed by atoms with Crippen molar-refractivity contribution < 1.29 is 0 Å². The van der Waals surface area contributed by atoms with E-state index in [1.807, 2.05) is 0 Å². The van der Waals surface area contributed by atoms with E-state index in [4.69, 9.17) is 0 Å². The summed E-state index contributed by atoms with van der Waals surface area (Å²) in [5.74, 6) is 5.09.